The zero-order valence-electron chi connectivity index (χ0n) is 7.54. The van der Waals surface area contributed by atoms with Crippen LogP contribution < -0.4 is 0 Å². The van der Waals surface area contributed by atoms with Gasteiger partial charge in [-0.2, -0.15) is 0 Å². The van der Waals surface area contributed by atoms with Crippen LogP contribution in [0.4, 0.5) is 8.78 Å². The van der Waals surface area contributed by atoms with E-state index in [0.717, 1.165) is 6.07 Å². The molecule has 2 aromatic rings. The van der Waals surface area contributed by atoms with E-state index >= 15 is 0 Å². The fourth-order valence-electron chi connectivity index (χ4n) is 1.26. The first kappa shape index (κ1) is 9.98. The van der Waals surface area contributed by atoms with Crippen molar-refractivity contribution in [3.8, 4) is 10.4 Å². The second-order valence-corrected chi connectivity index (χ2v) is 3.93. The quantitative estimate of drug-likeness (QED) is 0.713. The van der Waals surface area contributed by atoms with Gasteiger partial charge in [0.25, 0.3) is 0 Å². The Hall–Kier alpha value is -1.55. The van der Waals surface area contributed by atoms with E-state index in [0.29, 0.717) is 22.3 Å². The minimum atomic E-state index is -0.619. The van der Waals surface area contributed by atoms with E-state index in [9.17, 15) is 13.6 Å². The van der Waals surface area contributed by atoms with Crippen molar-refractivity contribution in [3.63, 3.8) is 0 Å². The smallest absolute Gasteiger partial charge is 0.150 e. The van der Waals surface area contributed by atoms with E-state index in [4.69, 9.17) is 0 Å². The molecule has 0 radical (unpaired) electrons. The number of benzene rings is 1. The maximum atomic E-state index is 12.9. The lowest BCUT2D eigenvalue weighted by Gasteiger charge is -1.97. The highest BCUT2D eigenvalue weighted by Gasteiger charge is 2.05. The van der Waals surface area contributed by atoms with Gasteiger partial charge in [-0.1, -0.05) is 0 Å². The lowest BCUT2D eigenvalue weighted by Crippen LogP contribution is -1.81. The second kappa shape index (κ2) is 3.90. The molecule has 2 rings (SSSR count). The summed E-state index contributed by atoms with van der Waals surface area (Å²) >= 11 is 1.28. The largest absolute Gasteiger partial charge is 0.298 e. The van der Waals surface area contributed by atoms with Crippen LogP contribution in [0.5, 0.6) is 0 Å². The molecule has 0 atom stereocenters. The third-order valence-electron chi connectivity index (χ3n) is 1.90. The molecule has 1 heterocycles. The van der Waals surface area contributed by atoms with E-state index in [1.807, 2.05) is 0 Å². The first-order chi connectivity index (χ1) is 7.19. The first-order valence-corrected chi connectivity index (χ1v) is 5.07. The molecule has 1 nitrogen and oxygen atoms in total. The molecule has 0 fully saturated rings. The van der Waals surface area contributed by atoms with E-state index in [1.54, 1.807) is 11.4 Å². The number of carbonyl (C=O) groups is 1. The molecule has 4 heteroatoms. The van der Waals surface area contributed by atoms with Crippen LogP contribution in [-0.4, -0.2) is 6.29 Å². The van der Waals surface area contributed by atoms with Crippen molar-refractivity contribution in [2.24, 2.45) is 0 Å². The molecular formula is C11H6F2OS. The molecule has 0 saturated heterocycles. The maximum absolute atomic E-state index is 12.9. The highest BCUT2D eigenvalue weighted by molar-refractivity contribution is 7.13. The summed E-state index contributed by atoms with van der Waals surface area (Å²) in [5.41, 5.74) is 0.963. The van der Waals surface area contributed by atoms with Gasteiger partial charge in [-0.3, -0.25) is 4.79 Å². The Balaban J connectivity index is 2.48. The molecule has 1 aromatic heterocycles. The van der Waals surface area contributed by atoms with Crippen LogP contribution in [0.3, 0.4) is 0 Å². The van der Waals surface area contributed by atoms with Crippen molar-refractivity contribution in [1.82, 2.24) is 0 Å². The van der Waals surface area contributed by atoms with Gasteiger partial charge in [0.1, 0.15) is 11.6 Å². The molecule has 0 bridgehead atoms. The Labute approximate surface area is 89.0 Å². The van der Waals surface area contributed by atoms with Gasteiger partial charge < -0.3 is 0 Å². The lowest BCUT2D eigenvalue weighted by molar-refractivity contribution is 0.112. The predicted octanol–water partition coefficient (Wildman–Crippen LogP) is 3.51. The topological polar surface area (TPSA) is 17.1 Å². The Kier molecular flexibility index (Phi) is 2.60. The summed E-state index contributed by atoms with van der Waals surface area (Å²) in [6, 6.07) is 4.90. The van der Waals surface area contributed by atoms with Crippen molar-refractivity contribution in [2.75, 3.05) is 0 Å². The molecule has 15 heavy (non-hydrogen) atoms. The van der Waals surface area contributed by atoms with Gasteiger partial charge >= 0.3 is 0 Å². The molecule has 1 aromatic carbocycles. The van der Waals surface area contributed by atoms with Crippen molar-refractivity contribution in [3.05, 3.63) is 46.8 Å². The number of hydrogen-bond donors (Lipinski definition) is 0. The number of halogens is 2. The fourth-order valence-corrected chi connectivity index (χ4v) is 2.10. The van der Waals surface area contributed by atoms with E-state index in [-0.39, 0.29) is 0 Å². The summed E-state index contributed by atoms with van der Waals surface area (Å²) in [6.45, 7) is 0. The van der Waals surface area contributed by atoms with Crippen LogP contribution in [-0.2, 0) is 0 Å². The highest BCUT2D eigenvalue weighted by Crippen LogP contribution is 2.27. The maximum Gasteiger partial charge on any atom is 0.150 e. The van der Waals surface area contributed by atoms with Crippen molar-refractivity contribution < 1.29 is 13.6 Å². The van der Waals surface area contributed by atoms with Crippen LogP contribution in [0.15, 0.2) is 29.6 Å². The number of carbonyl (C=O) groups excluding carboxylic acids is 1. The zero-order chi connectivity index (χ0) is 10.8. The Morgan fingerprint density at radius 1 is 1.07 bits per heavy atom. The summed E-state index contributed by atoms with van der Waals surface area (Å²) in [7, 11) is 0. The SMILES string of the molecule is O=Cc1csc(-c2cc(F)cc(F)c2)c1. The van der Waals surface area contributed by atoms with Crippen LogP contribution in [0.2, 0.25) is 0 Å². The predicted molar refractivity (Wildman–Crippen MR) is 55.1 cm³/mol. The molecule has 0 aliphatic rings. The molecule has 0 amide bonds. The first-order valence-electron chi connectivity index (χ1n) is 4.19. The van der Waals surface area contributed by atoms with E-state index in [2.05, 4.69) is 0 Å². The Morgan fingerprint density at radius 3 is 2.27 bits per heavy atom. The second-order valence-electron chi connectivity index (χ2n) is 3.02. The van der Waals surface area contributed by atoms with Gasteiger partial charge in [0.15, 0.2) is 6.29 Å². The number of thiophene rings is 1. The Morgan fingerprint density at radius 2 is 1.73 bits per heavy atom. The van der Waals surface area contributed by atoms with Crippen LogP contribution in [0.1, 0.15) is 10.4 Å². The normalized spacial score (nSPS) is 10.3. The molecule has 0 N–H and O–H groups in total. The summed E-state index contributed by atoms with van der Waals surface area (Å²) < 4.78 is 25.8. The summed E-state index contributed by atoms with van der Waals surface area (Å²) in [4.78, 5) is 11.1. The van der Waals surface area contributed by atoms with Crippen LogP contribution in [0, 0.1) is 11.6 Å². The molecule has 0 spiro atoms. The van der Waals surface area contributed by atoms with E-state index < -0.39 is 11.6 Å². The lowest BCUT2D eigenvalue weighted by atomic mass is 10.1. The van der Waals surface area contributed by atoms with Gasteiger partial charge in [-0.25, -0.2) is 8.78 Å². The van der Waals surface area contributed by atoms with Gasteiger partial charge in [-0.15, -0.1) is 11.3 Å². The van der Waals surface area contributed by atoms with Gasteiger partial charge in [0.2, 0.25) is 0 Å². The third-order valence-corrected chi connectivity index (χ3v) is 2.90. The fraction of sp³-hybridized carbons (Fsp3) is 0. The average Bonchev–Trinajstić information content (AvgIpc) is 2.64. The highest BCUT2D eigenvalue weighted by atomic mass is 32.1. The zero-order valence-corrected chi connectivity index (χ0v) is 8.35. The van der Waals surface area contributed by atoms with Crippen LogP contribution in [0.25, 0.3) is 10.4 Å². The van der Waals surface area contributed by atoms with E-state index in [1.165, 1.54) is 23.5 Å². The standard InChI is InChI=1S/C11H6F2OS/c12-9-2-8(3-10(13)4-9)11-1-7(5-14)6-15-11/h1-6H. The number of rotatable bonds is 2. The monoisotopic (exact) mass is 224 g/mol. The minimum absolute atomic E-state index is 0.450. The molecular weight excluding hydrogens is 218 g/mol. The molecule has 76 valence electrons. The van der Waals surface area contributed by atoms with Gasteiger partial charge in [0.05, 0.1) is 0 Å². The molecule has 0 unspecified atom stereocenters. The van der Waals surface area contributed by atoms with Crippen molar-refractivity contribution in [2.45, 2.75) is 0 Å². The molecule has 0 aliphatic carbocycles. The number of hydrogen-bond acceptors (Lipinski definition) is 2. The summed E-state index contributed by atoms with van der Waals surface area (Å²) in [5.74, 6) is -1.24. The van der Waals surface area contributed by atoms with Gasteiger partial charge in [-0.05, 0) is 23.8 Å². The number of aldehydes is 1. The summed E-state index contributed by atoms with van der Waals surface area (Å²) in [6.07, 6.45) is 0.704. The van der Waals surface area contributed by atoms with Crippen LogP contribution >= 0.6 is 11.3 Å². The van der Waals surface area contributed by atoms with Gasteiger partial charge in [0, 0.05) is 21.9 Å². The molecule has 0 aliphatic heterocycles. The minimum Gasteiger partial charge on any atom is -0.298 e. The molecule has 0 saturated carbocycles. The average molecular weight is 224 g/mol. The third kappa shape index (κ3) is 2.10. The summed E-state index contributed by atoms with van der Waals surface area (Å²) in [5, 5.41) is 1.64. The van der Waals surface area contributed by atoms with Crippen molar-refractivity contribution in [1.29, 1.82) is 0 Å². The Bertz CT molecular complexity index is 485. The van der Waals surface area contributed by atoms with Crippen molar-refractivity contribution >= 4 is 17.6 Å².